The summed E-state index contributed by atoms with van der Waals surface area (Å²) >= 11 is 0. The molecule has 0 aliphatic carbocycles. The monoisotopic (exact) mass is 225 g/mol. The normalized spacial score (nSPS) is 14.5. The minimum atomic E-state index is 0.839. The van der Waals surface area contributed by atoms with Gasteiger partial charge < -0.3 is 10.6 Å². The van der Waals surface area contributed by atoms with Gasteiger partial charge >= 0.3 is 0 Å². The molecule has 2 heterocycles. The summed E-state index contributed by atoms with van der Waals surface area (Å²) in [6, 6.07) is 12.2. The number of benzene rings is 1. The maximum atomic E-state index is 5.83. The smallest absolute Gasteiger partial charge is 0.128 e. The summed E-state index contributed by atoms with van der Waals surface area (Å²) in [7, 11) is 0. The molecule has 86 valence electrons. The van der Waals surface area contributed by atoms with E-state index in [-0.39, 0.29) is 0 Å². The highest BCUT2D eigenvalue weighted by Crippen LogP contribution is 2.24. The van der Waals surface area contributed by atoms with E-state index in [1.54, 1.807) is 0 Å². The third-order valence-corrected chi connectivity index (χ3v) is 3.22. The van der Waals surface area contributed by atoms with E-state index in [9.17, 15) is 0 Å². The van der Waals surface area contributed by atoms with Crippen molar-refractivity contribution in [2.45, 2.75) is 13.0 Å². The first-order chi connectivity index (χ1) is 8.33. The molecule has 1 aliphatic heterocycles. The van der Waals surface area contributed by atoms with Crippen molar-refractivity contribution in [2.75, 3.05) is 17.2 Å². The second kappa shape index (κ2) is 4.09. The third kappa shape index (κ3) is 1.96. The molecule has 0 bridgehead atoms. The summed E-state index contributed by atoms with van der Waals surface area (Å²) in [4.78, 5) is 6.69. The van der Waals surface area contributed by atoms with Crippen molar-refractivity contribution in [2.24, 2.45) is 0 Å². The maximum Gasteiger partial charge on any atom is 0.128 e. The fourth-order valence-electron chi connectivity index (χ4n) is 2.31. The lowest BCUT2D eigenvalue weighted by molar-refractivity contribution is 0.721. The number of hydrogen-bond donors (Lipinski definition) is 1. The first-order valence-corrected chi connectivity index (χ1v) is 5.86. The highest BCUT2D eigenvalue weighted by atomic mass is 15.2. The molecule has 0 unspecified atom stereocenters. The van der Waals surface area contributed by atoms with E-state index in [0.29, 0.717) is 0 Å². The molecule has 1 aromatic carbocycles. The Morgan fingerprint density at radius 3 is 2.88 bits per heavy atom. The zero-order chi connectivity index (χ0) is 11.7. The van der Waals surface area contributed by atoms with Crippen LogP contribution in [0.3, 0.4) is 0 Å². The lowest BCUT2D eigenvalue weighted by atomic mass is 9.99. The van der Waals surface area contributed by atoms with Crippen LogP contribution in [0.2, 0.25) is 0 Å². The van der Waals surface area contributed by atoms with Crippen molar-refractivity contribution in [1.82, 2.24) is 4.98 Å². The highest BCUT2D eigenvalue weighted by molar-refractivity contribution is 5.49. The topological polar surface area (TPSA) is 42.1 Å². The number of nitrogen functional groups attached to an aromatic ring is 1. The Hall–Kier alpha value is -2.03. The van der Waals surface area contributed by atoms with E-state index in [1.807, 2.05) is 24.4 Å². The van der Waals surface area contributed by atoms with E-state index in [1.165, 1.54) is 11.1 Å². The van der Waals surface area contributed by atoms with Crippen molar-refractivity contribution in [3.63, 3.8) is 0 Å². The molecule has 3 nitrogen and oxygen atoms in total. The first-order valence-electron chi connectivity index (χ1n) is 5.86. The molecule has 0 spiro atoms. The van der Waals surface area contributed by atoms with E-state index in [0.717, 1.165) is 31.0 Å². The molecule has 2 aromatic rings. The van der Waals surface area contributed by atoms with Gasteiger partial charge in [-0.3, -0.25) is 0 Å². The van der Waals surface area contributed by atoms with Crippen molar-refractivity contribution >= 4 is 11.5 Å². The van der Waals surface area contributed by atoms with Crippen LogP contribution < -0.4 is 10.6 Å². The van der Waals surface area contributed by atoms with Gasteiger partial charge in [0.2, 0.25) is 0 Å². The second-order valence-corrected chi connectivity index (χ2v) is 4.39. The SMILES string of the molecule is Nc1ccc2c(c1)CN(c1ccccn1)CC2. The van der Waals surface area contributed by atoms with Crippen LogP contribution in [-0.4, -0.2) is 11.5 Å². The predicted molar refractivity (Wildman–Crippen MR) is 69.8 cm³/mol. The minimum Gasteiger partial charge on any atom is -0.399 e. The van der Waals surface area contributed by atoms with Gasteiger partial charge in [-0.1, -0.05) is 12.1 Å². The van der Waals surface area contributed by atoms with Gasteiger partial charge in [-0.2, -0.15) is 0 Å². The Morgan fingerprint density at radius 2 is 2.06 bits per heavy atom. The van der Waals surface area contributed by atoms with Crippen molar-refractivity contribution in [3.05, 3.63) is 53.7 Å². The van der Waals surface area contributed by atoms with Gasteiger partial charge in [0, 0.05) is 25.0 Å². The highest BCUT2D eigenvalue weighted by Gasteiger charge is 2.16. The standard InChI is InChI=1S/C14H15N3/c15-13-5-4-11-6-8-17(10-12(11)9-13)14-3-1-2-7-16-14/h1-5,7,9H,6,8,10,15H2. The van der Waals surface area contributed by atoms with E-state index < -0.39 is 0 Å². The number of anilines is 2. The van der Waals surface area contributed by atoms with Crippen LogP contribution in [0.1, 0.15) is 11.1 Å². The zero-order valence-electron chi connectivity index (χ0n) is 9.63. The molecule has 0 fully saturated rings. The summed E-state index contributed by atoms with van der Waals surface area (Å²) in [6.07, 6.45) is 2.90. The van der Waals surface area contributed by atoms with Gasteiger partial charge in [-0.25, -0.2) is 4.98 Å². The van der Waals surface area contributed by atoms with Crippen LogP contribution >= 0.6 is 0 Å². The number of aromatic nitrogens is 1. The zero-order valence-corrected chi connectivity index (χ0v) is 9.63. The van der Waals surface area contributed by atoms with Crippen LogP contribution in [-0.2, 0) is 13.0 Å². The van der Waals surface area contributed by atoms with E-state index in [4.69, 9.17) is 5.73 Å². The first kappa shape index (κ1) is 10.1. The Kier molecular flexibility index (Phi) is 2.44. The van der Waals surface area contributed by atoms with E-state index in [2.05, 4.69) is 28.1 Å². The fraction of sp³-hybridized carbons (Fsp3) is 0.214. The average molecular weight is 225 g/mol. The Bertz CT molecular complexity index is 522. The predicted octanol–water partition coefficient (Wildman–Crippen LogP) is 2.23. The molecule has 1 aliphatic rings. The van der Waals surface area contributed by atoms with Gasteiger partial charge in [-0.05, 0) is 41.8 Å². The van der Waals surface area contributed by atoms with Crippen LogP contribution in [0.15, 0.2) is 42.6 Å². The van der Waals surface area contributed by atoms with Gasteiger partial charge in [-0.15, -0.1) is 0 Å². The molecule has 3 rings (SSSR count). The van der Waals surface area contributed by atoms with Gasteiger partial charge in [0.25, 0.3) is 0 Å². The average Bonchev–Trinajstić information content (AvgIpc) is 2.39. The summed E-state index contributed by atoms with van der Waals surface area (Å²) in [5.41, 5.74) is 9.40. The summed E-state index contributed by atoms with van der Waals surface area (Å²) in [5, 5.41) is 0. The third-order valence-electron chi connectivity index (χ3n) is 3.22. The van der Waals surface area contributed by atoms with Gasteiger partial charge in [0.1, 0.15) is 5.82 Å². The minimum absolute atomic E-state index is 0.839. The van der Waals surface area contributed by atoms with Crippen molar-refractivity contribution in [3.8, 4) is 0 Å². The largest absolute Gasteiger partial charge is 0.399 e. The second-order valence-electron chi connectivity index (χ2n) is 4.39. The molecule has 0 saturated carbocycles. The van der Waals surface area contributed by atoms with Gasteiger partial charge in [0.05, 0.1) is 0 Å². The molecule has 0 saturated heterocycles. The molecule has 0 radical (unpaired) electrons. The van der Waals surface area contributed by atoms with Crippen molar-refractivity contribution < 1.29 is 0 Å². The Balaban J connectivity index is 1.90. The molecule has 1 aromatic heterocycles. The summed E-state index contributed by atoms with van der Waals surface area (Å²) in [6.45, 7) is 1.92. The molecule has 17 heavy (non-hydrogen) atoms. The summed E-state index contributed by atoms with van der Waals surface area (Å²) in [5.74, 6) is 1.04. The van der Waals surface area contributed by atoms with Gasteiger partial charge in [0.15, 0.2) is 0 Å². The number of nitrogens with two attached hydrogens (primary N) is 1. The molecule has 0 amide bonds. The molecular formula is C14H15N3. The number of rotatable bonds is 1. The number of pyridine rings is 1. The molecule has 2 N–H and O–H groups in total. The van der Waals surface area contributed by atoms with Crippen LogP contribution in [0.25, 0.3) is 0 Å². The Morgan fingerprint density at radius 1 is 1.12 bits per heavy atom. The molecule has 0 atom stereocenters. The lowest BCUT2D eigenvalue weighted by Gasteiger charge is -2.29. The lowest BCUT2D eigenvalue weighted by Crippen LogP contribution is -2.30. The van der Waals surface area contributed by atoms with Crippen LogP contribution in [0.4, 0.5) is 11.5 Å². The molecule has 3 heteroatoms. The Labute approximate surface area is 101 Å². The van der Waals surface area contributed by atoms with Crippen molar-refractivity contribution in [1.29, 1.82) is 0 Å². The number of nitrogens with zero attached hydrogens (tertiary/aromatic N) is 2. The maximum absolute atomic E-state index is 5.83. The van der Waals surface area contributed by atoms with E-state index >= 15 is 0 Å². The number of hydrogen-bond acceptors (Lipinski definition) is 3. The quantitative estimate of drug-likeness (QED) is 0.757. The van der Waals surface area contributed by atoms with Crippen LogP contribution in [0, 0.1) is 0 Å². The molecular weight excluding hydrogens is 210 g/mol. The number of fused-ring (bicyclic) bond motifs is 1. The summed E-state index contributed by atoms with van der Waals surface area (Å²) < 4.78 is 0. The fourth-order valence-corrected chi connectivity index (χ4v) is 2.31. The van der Waals surface area contributed by atoms with Crippen LogP contribution in [0.5, 0.6) is 0 Å².